The number of nitrogens with one attached hydrogen (secondary N) is 1. The number of esters is 1. The number of nitrogens with two attached hydrogens (primary N) is 1. The Morgan fingerprint density at radius 2 is 2.08 bits per heavy atom. The monoisotopic (exact) mass is 522 g/mol. The fourth-order valence-corrected chi connectivity index (χ4v) is 6.25. The average molecular weight is 523 g/mol. The molecule has 1 aromatic rings. The highest BCUT2D eigenvalue weighted by molar-refractivity contribution is 7.57. The minimum absolute atomic E-state index is 0.0987. The van der Waals surface area contributed by atoms with Crippen molar-refractivity contribution >= 4 is 19.3 Å². The van der Waals surface area contributed by atoms with Crippen LogP contribution in [0.1, 0.15) is 20.8 Å². The van der Waals surface area contributed by atoms with Gasteiger partial charge in [0.15, 0.2) is 12.4 Å². The van der Waals surface area contributed by atoms with E-state index in [0.29, 0.717) is 0 Å². The molecule has 0 bridgehead atoms. The summed E-state index contributed by atoms with van der Waals surface area (Å²) in [7, 11) is -4.06. The Hall–Kier alpha value is -2.98. The number of amidine groups is 1. The summed E-state index contributed by atoms with van der Waals surface area (Å²) in [4.78, 5) is 17.7. The summed E-state index contributed by atoms with van der Waals surface area (Å²) in [6.45, 7) is 12.3. The molecule has 6 atom stereocenters. The molecule has 0 aliphatic carbocycles. The van der Waals surface area contributed by atoms with Crippen LogP contribution >= 0.6 is 7.52 Å². The molecule has 196 valence electrons. The topological polar surface area (TPSA) is 136 Å². The summed E-state index contributed by atoms with van der Waals surface area (Å²) >= 11 is 0. The third kappa shape index (κ3) is 6.04. The Morgan fingerprint density at radius 1 is 1.42 bits per heavy atom. The number of nitrogens with zero attached hydrogens (tertiary/aromatic N) is 2. The SMILES string of the molecule is C=C[C@]1(CP(=O)(NC(C)C(=O)OC(C)C)Oc2ccccc2)O[C@@H](N2C=CC(N)=NC2=C)[C@H](F)[C@@H]1O. The first-order chi connectivity index (χ1) is 16.9. The minimum atomic E-state index is -4.06. The maximum atomic E-state index is 15.4. The second-order valence-corrected chi connectivity index (χ2v) is 10.9. The molecule has 1 saturated heterocycles. The number of ether oxygens (including phenoxy) is 2. The summed E-state index contributed by atoms with van der Waals surface area (Å²) in [5.74, 6) is -0.155. The number of aliphatic imine (C=N–C) groups is 1. The van der Waals surface area contributed by atoms with Crippen molar-refractivity contribution in [1.29, 1.82) is 0 Å². The lowest BCUT2D eigenvalue weighted by Gasteiger charge is -2.34. The first kappa shape index (κ1) is 27.6. The largest absolute Gasteiger partial charge is 0.462 e. The van der Waals surface area contributed by atoms with Gasteiger partial charge >= 0.3 is 13.5 Å². The molecular formula is C24H32FN4O6P. The molecule has 0 amide bonds. The lowest BCUT2D eigenvalue weighted by atomic mass is 9.98. The molecule has 0 saturated carbocycles. The molecule has 2 heterocycles. The van der Waals surface area contributed by atoms with Crippen LogP contribution in [0.15, 0.2) is 72.7 Å². The summed E-state index contributed by atoms with van der Waals surface area (Å²) in [6.07, 6.45) is -2.03. The van der Waals surface area contributed by atoms with Crippen molar-refractivity contribution in [2.24, 2.45) is 10.7 Å². The third-order valence-corrected chi connectivity index (χ3v) is 7.74. The van der Waals surface area contributed by atoms with Crippen LogP contribution in [-0.2, 0) is 18.8 Å². The van der Waals surface area contributed by atoms with Gasteiger partial charge in [0, 0.05) is 6.20 Å². The lowest BCUT2D eigenvalue weighted by Crippen LogP contribution is -2.46. The van der Waals surface area contributed by atoms with Crippen molar-refractivity contribution in [3.05, 3.63) is 67.7 Å². The van der Waals surface area contributed by atoms with Gasteiger partial charge < -0.3 is 29.7 Å². The van der Waals surface area contributed by atoms with Crippen molar-refractivity contribution < 1.29 is 32.9 Å². The number of halogens is 1. The normalized spacial score (nSPS) is 28.4. The van der Waals surface area contributed by atoms with E-state index in [2.05, 4.69) is 23.2 Å². The average Bonchev–Trinajstić information content (AvgIpc) is 3.04. The number of para-hydroxylation sites is 1. The first-order valence-electron chi connectivity index (χ1n) is 11.3. The van der Waals surface area contributed by atoms with Crippen LogP contribution < -0.4 is 15.3 Å². The molecule has 4 N–H and O–H groups in total. The van der Waals surface area contributed by atoms with E-state index in [9.17, 15) is 14.5 Å². The van der Waals surface area contributed by atoms with Gasteiger partial charge in [-0.05, 0) is 39.0 Å². The van der Waals surface area contributed by atoms with Crippen LogP contribution in [-0.4, -0.2) is 64.2 Å². The van der Waals surface area contributed by atoms with Gasteiger partial charge in [-0.3, -0.25) is 9.36 Å². The maximum absolute atomic E-state index is 15.4. The van der Waals surface area contributed by atoms with Gasteiger partial charge in [0.05, 0.1) is 12.3 Å². The molecule has 10 nitrogen and oxygen atoms in total. The van der Waals surface area contributed by atoms with Gasteiger partial charge in [0.2, 0.25) is 0 Å². The highest BCUT2D eigenvalue weighted by atomic mass is 31.2. The van der Waals surface area contributed by atoms with Crippen molar-refractivity contribution in [2.45, 2.75) is 57.0 Å². The van der Waals surface area contributed by atoms with Crippen LogP contribution in [0.2, 0.25) is 0 Å². The quantitative estimate of drug-likeness (QED) is 0.241. The first-order valence-corrected chi connectivity index (χ1v) is 13.2. The Bertz CT molecular complexity index is 1100. The molecule has 36 heavy (non-hydrogen) atoms. The van der Waals surface area contributed by atoms with Crippen LogP contribution in [0, 0.1) is 0 Å². The number of carbonyl (C=O) groups excluding carboxylic acids is 1. The van der Waals surface area contributed by atoms with Crippen molar-refractivity contribution in [1.82, 2.24) is 9.99 Å². The second-order valence-electron chi connectivity index (χ2n) is 8.80. The van der Waals surface area contributed by atoms with E-state index in [1.807, 2.05) is 0 Å². The van der Waals surface area contributed by atoms with E-state index in [-0.39, 0.29) is 17.4 Å². The Labute approximate surface area is 209 Å². The number of rotatable bonds is 10. The molecule has 2 aliphatic rings. The standard InChI is InChI=1S/C24H32FN4O6P/c1-6-24(21(30)20(25)22(34-24)29-13-12-19(26)27-17(29)5)14-36(32,35-18-10-8-7-9-11-18)28-16(4)23(31)33-15(2)3/h6-13,15-16,20-22,30H,1,5,14H2,2-4H3,(H2,26,27)(H,28,32)/t16?,20-,21+,22-,24-,36?/m1/s1. The predicted molar refractivity (Wildman–Crippen MR) is 134 cm³/mol. The Kier molecular flexibility index (Phi) is 8.40. The number of benzene rings is 1. The van der Waals surface area contributed by atoms with E-state index in [0.717, 1.165) is 0 Å². The second kappa shape index (κ2) is 11.0. The van der Waals surface area contributed by atoms with Gasteiger partial charge in [-0.15, -0.1) is 6.58 Å². The molecule has 0 aromatic heterocycles. The number of alkyl halides is 1. The number of aliphatic hydroxyl groups is 1. The molecule has 2 unspecified atom stereocenters. The molecule has 3 rings (SSSR count). The zero-order chi connectivity index (χ0) is 26.7. The summed E-state index contributed by atoms with van der Waals surface area (Å²) < 4.78 is 46.5. The van der Waals surface area contributed by atoms with Crippen molar-refractivity contribution in [3.63, 3.8) is 0 Å². The molecule has 0 radical (unpaired) electrons. The summed E-state index contributed by atoms with van der Waals surface area (Å²) in [5.41, 5.74) is 3.80. The van der Waals surface area contributed by atoms with Gasteiger partial charge in [-0.1, -0.05) is 30.9 Å². The molecular weight excluding hydrogens is 490 g/mol. The zero-order valence-electron chi connectivity index (χ0n) is 20.4. The van der Waals surface area contributed by atoms with Crippen molar-refractivity contribution in [3.8, 4) is 5.75 Å². The smallest absolute Gasteiger partial charge is 0.323 e. The van der Waals surface area contributed by atoms with Gasteiger partial charge in [0.1, 0.15) is 35.2 Å². The minimum Gasteiger partial charge on any atom is -0.462 e. The van der Waals surface area contributed by atoms with Crippen molar-refractivity contribution in [2.75, 3.05) is 6.16 Å². The van der Waals surface area contributed by atoms with Gasteiger partial charge in [-0.25, -0.2) is 14.5 Å². The van der Waals surface area contributed by atoms with E-state index in [4.69, 9.17) is 19.7 Å². The molecule has 0 spiro atoms. The Morgan fingerprint density at radius 3 is 2.67 bits per heavy atom. The van der Waals surface area contributed by atoms with E-state index in [1.165, 1.54) is 30.2 Å². The van der Waals surface area contributed by atoms with Crippen LogP contribution in [0.3, 0.4) is 0 Å². The zero-order valence-corrected chi connectivity index (χ0v) is 21.3. The number of hydrogen-bond donors (Lipinski definition) is 3. The molecule has 1 aromatic carbocycles. The number of hydrogen-bond acceptors (Lipinski definition) is 9. The highest BCUT2D eigenvalue weighted by Gasteiger charge is 2.58. The van der Waals surface area contributed by atoms with E-state index in [1.54, 1.807) is 44.2 Å². The van der Waals surface area contributed by atoms with E-state index < -0.39 is 55.9 Å². The predicted octanol–water partition coefficient (Wildman–Crippen LogP) is 2.83. The van der Waals surface area contributed by atoms with Gasteiger partial charge in [0.25, 0.3) is 0 Å². The summed E-state index contributed by atoms with van der Waals surface area (Å²) in [5, 5.41) is 13.6. The van der Waals surface area contributed by atoms with E-state index >= 15 is 4.39 Å². The molecule has 1 fully saturated rings. The molecule has 12 heteroatoms. The summed E-state index contributed by atoms with van der Waals surface area (Å²) in [6, 6.07) is 7.19. The molecule has 2 aliphatic heterocycles. The van der Waals surface area contributed by atoms with Gasteiger partial charge in [-0.2, -0.15) is 0 Å². The third-order valence-electron chi connectivity index (χ3n) is 5.54. The fraction of sp³-hybridized carbons (Fsp3) is 0.417. The maximum Gasteiger partial charge on any atom is 0.323 e. The van der Waals surface area contributed by atoms with Crippen LogP contribution in [0.4, 0.5) is 4.39 Å². The number of aliphatic hydroxyl groups excluding tert-OH is 1. The van der Waals surface area contributed by atoms with Crippen LogP contribution in [0.5, 0.6) is 5.75 Å². The van der Waals surface area contributed by atoms with Crippen LogP contribution in [0.25, 0.3) is 0 Å². The number of carbonyl (C=O) groups is 1. The Balaban J connectivity index is 1.92. The highest BCUT2D eigenvalue weighted by Crippen LogP contribution is 2.51. The lowest BCUT2D eigenvalue weighted by molar-refractivity contribution is -0.149. The fourth-order valence-electron chi connectivity index (χ4n) is 3.84.